The van der Waals surface area contributed by atoms with Gasteiger partial charge in [0.2, 0.25) is 5.91 Å². The topological polar surface area (TPSA) is 58.6 Å². The molecule has 1 aliphatic heterocycles. The van der Waals surface area contributed by atoms with Crippen LogP contribution in [0.15, 0.2) is 30.3 Å². The number of hydrogen-bond acceptors (Lipinski definition) is 3. The van der Waals surface area contributed by atoms with Crippen molar-refractivity contribution in [2.24, 2.45) is 0 Å². The van der Waals surface area contributed by atoms with Crippen LogP contribution < -0.4 is 5.32 Å². The van der Waals surface area contributed by atoms with Crippen LogP contribution in [0.3, 0.4) is 0 Å². The molecule has 0 unspecified atom stereocenters. The molecule has 0 aromatic heterocycles. The lowest BCUT2D eigenvalue weighted by Crippen LogP contribution is -2.51. The van der Waals surface area contributed by atoms with E-state index in [1.54, 1.807) is 18.2 Å². The van der Waals surface area contributed by atoms with E-state index in [1.165, 1.54) is 17.0 Å². The van der Waals surface area contributed by atoms with Crippen molar-refractivity contribution in [3.63, 3.8) is 0 Å². The highest BCUT2D eigenvalue weighted by molar-refractivity contribution is 5.88. The second-order valence-electron chi connectivity index (χ2n) is 4.83. The van der Waals surface area contributed by atoms with E-state index in [4.69, 9.17) is 4.74 Å². The van der Waals surface area contributed by atoms with Gasteiger partial charge in [-0.3, -0.25) is 9.59 Å². The maximum Gasteiger partial charge on any atom is 0.411 e. The largest absolute Gasteiger partial charge is 0.411 e. The Morgan fingerprint density at radius 3 is 2.59 bits per heavy atom. The minimum atomic E-state index is -4.54. The van der Waals surface area contributed by atoms with Crippen molar-refractivity contribution in [1.29, 1.82) is 0 Å². The number of carbonyl (C=O) groups excluding carboxylic acids is 2. The number of carbonyl (C=O) groups is 2. The van der Waals surface area contributed by atoms with E-state index in [9.17, 15) is 22.8 Å². The summed E-state index contributed by atoms with van der Waals surface area (Å²) >= 11 is 0. The third-order valence-electron chi connectivity index (χ3n) is 3.09. The van der Waals surface area contributed by atoms with Crippen LogP contribution in [-0.4, -0.2) is 49.1 Å². The predicted molar refractivity (Wildman–Crippen MR) is 70.8 cm³/mol. The average molecular weight is 316 g/mol. The maximum absolute atomic E-state index is 12.4. The molecule has 0 saturated carbocycles. The van der Waals surface area contributed by atoms with Crippen molar-refractivity contribution in [2.75, 3.05) is 26.2 Å². The molecule has 1 aromatic carbocycles. The lowest BCUT2D eigenvalue weighted by Gasteiger charge is -2.30. The number of halogens is 3. The molecular weight excluding hydrogens is 301 g/mol. The number of alkyl halides is 3. The Labute approximate surface area is 125 Å². The fraction of sp³-hybridized carbons (Fsp3) is 0.429. The number of nitrogens with zero attached hydrogens (tertiary/aromatic N) is 1. The highest BCUT2D eigenvalue weighted by Gasteiger charge is 2.34. The van der Waals surface area contributed by atoms with Gasteiger partial charge in [0, 0.05) is 13.1 Å². The van der Waals surface area contributed by atoms with Gasteiger partial charge in [-0.15, -0.1) is 0 Å². The molecule has 0 radical (unpaired) electrons. The van der Waals surface area contributed by atoms with Crippen LogP contribution >= 0.6 is 0 Å². The summed E-state index contributed by atoms with van der Waals surface area (Å²) in [5, 5.41) is 2.55. The van der Waals surface area contributed by atoms with E-state index in [0.717, 1.165) is 0 Å². The van der Waals surface area contributed by atoms with Crippen LogP contribution in [0.2, 0.25) is 0 Å². The highest BCUT2D eigenvalue weighted by atomic mass is 19.4. The molecule has 5 nitrogen and oxygen atoms in total. The van der Waals surface area contributed by atoms with Gasteiger partial charge in [0.05, 0.1) is 6.54 Å². The number of rotatable bonds is 4. The van der Waals surface area contributed by atoms with Crippen molar-refractivity contribution in [1.82, 2.24) is 10.2 Å². The summed E-state index contributed by atoms with van der Waals surface area (Å²) < 4.78 is 42.0. The first-order valence-corrected chi connectivity index (χ1v) is 6.65. The first-order chi connectivity index (χ1) is 10.4. The zero-order chi connectivity index (χ0) is 16.2. The van der Waals surface area contributed by atoms with Gasteiger partial charge in [0.15, 0.2) is 6.10 Å². The number of benzene rings is 1. The van der Waals surface area contributed by atoms with Crippen LogP contribution in [0.4, 0.5) is 13.2 Å². The number of ether oxygens (including phenoxy) is 1. The third kappa shape index (κ3) is 4.45. The van der Waals surface area contributed by atoms with Crippen molar-refractivity contribution < 1.29 is 27.5 Å². The Kier molecular flexibility index (Phi) is 5.02. The first kappa shape index (κ1) is 16.3. The van der Waals surface area contributed by atoms with Gasteiger partial charge in [-0.1, -0.05) is 30.3 Å². The van der Waals surface area contributed by atoms with E-state index < -0.39 is 24.8 Å². The standard InChI is InChI=1S/C14H15F3N2O3/c15-14(16,17)9-22-12(10-4-2-1-3-5-10)13(21)19-7-6-18-11(20)8-19/h1-5,12H,6-9H2,(H,18,20)/t12-/m0/s1. The predicted octanol–water partition coefficient (Wildman–Crippen LogP) is 1.27. The highest BCUT2D eigenvalue weighted by Crippen LogP contribution is 2.24. The Morgan fingerprint density at radius 2 is 2.00 bits per heavy atom. The molecule has 0 spiro atoms. The molecule has 2 amide bonds. The third-order valence-corrected chi connectivity index (χ3v) is 3.09. The lowest BCUT2D eigenvalue weighted by atomic mass is 10.1. The van der Waals surface area contributed by atoms with E-state index in [0.29, 0.717) is 5.56 Å². The fourth-order valence-electron chi connectivity index (χ4n) is 2.11. The Morgan fingerprint density at radius 1 is 1.32 bits per heavy atom. The Bertz CT molecular complexity index is 534. The molecule has 1 aliphatic rings. The summed E-state index contributed by atoms with van der Waals surface area (Å²) in [6.45, 7) is -1.20. The van der Waals surface area contributed by atoms with Crippen molar-refractivity contribution in [3.05, 3.63) is 35.9 Å². The van der Waals surface area contributed by atoms with Gasteiger partial charge in [-0.05, 0) is 5.56 Å². The zero-order valence-electron chi connectivity index (χ0n) is 11.6. The summed E-state index contributed by atoms with van der Waals surface area (Å²) in [5.41, 5.74) is 0.322. The molecule has 1 aromatic rings. The van der Waals surface area contributed by atoms with Gasteiger partial charge in [0.1, 0.15) is 6.61 Å². The molecule has 1 saturated heterocycles. The van der Waals surface area contributed by atoms with Crippen molar-refractivity contribution in [3.8, 4) is 0 Å². The summed E-state index contributed by atoms with van der Waals surface area (Å²) in [5.74, 6) is -0.993. The molecule has 1 heterocycles. The monoisotopic (exact) mass is 316 g/mol. The van der Waals surface area contributed by atoms with Gasteiger partial charge in [-0.2, -0.15) is 13.2 Å². The summed E-state index contributed by atoms with van der Waals surface area (Å²) in [4.78, 5) is 24.9. The van der Waals surface area contributed by atoms with Crippen LogP contribution in [0.25, 0.3) is 0 Å². The molecule has 120 valence electrons. The first-order valence-electron chi connectivity index (χ1n) is 6.65. The molecule has 1 N–H and O–H groups in total. The van der Waals surface area contributed by atoms with Crippen molar-refractivity contribution >= 4 is 11.8 Å². The molecule has 1 fully saturated rings. The van der Waals surface area contributed by atoms with E-state index in [-0.39, 0.29) is 25.5 Å². The summed E-state index contributed by atoms with van der Waals surface area (Å²) in [6, 6.07) is 7.93. The number of piperazine rings is 1. The van der Waals surface area contributed by atoms with Gasteiger partial charge in [-0.25, -0.2) is 0 Å². The smallest absolute Gasteiger partial charge is 0.354 e. The van der Waals surface area contributed by atoms with E-state index >= 15 is 0 Å². The molecule has 2 rings (SSSR count). The van der Waals surface area contributed by atoms with Crippen LogP contribution in [0, 0.1) is 0 Å². The maximum atomic E-state index is 12.4. The Hall–Kier alpha value is -2.09. The van der Waals surface area contributed by atoms with Crippen molar-refractivity contribution in [2.45, 2.75) is 12.3 Å². The Balaban J connectivity index is 2.16. The normalized spacial score (nSPS) is 17.0. The number of amides is 2. The molecule has 22 heavy (non-hydrogen) atoms. The minimum Gasteiger partial charge on any atom is -0.354 e. The molecule has 0 bridgehead atoms. The van der Waals surface area contributed by atoms with Gasteiger partial charge >= 0.3 is 6.18 Å². The molecule has 1 atom stereocenters. The SMILES string of the molecule is O=C1CN(C(=O)[C@@H](OCC(F)(F)F)c2ccccc2)CCN1. The fourth-order valence-corrected chi connectivity index (χ4v) is 2.11. The second-order valence-corrected chi connectivity index (χ2v) is 4.83. The van der Waals surface area contributed by atoms with Crippen LogP contribution in [0.5, 0.6) is 0 Å². The van der Waals surface area contributed by atoms with Crippen LogP contribution in [-0.2, 0) is 14.3 Å². The van der Waals surface area contributed by atoms with Crippen LogP contribution in [0.1, 0.15) is 11.7 Å². The van der Waals surface area contributed by atoms with E-state index in [2.05, 4.69) is 5.32 Å². The molecular formula is C14H15F3N2O3. The average Bonchev–Trinajstić information content (AvgIpc) is 2.47. The summed E-state index contributed by atoms with van der Waals surface area (Å²) in [7, 11) is 0. The molecule has 0 aliphatic carbocycles. The number of hydrogen-bond donors (Lipinski definition) is 1. The molecule has 8 heteroatoms. The lowest BCUT2D eigenvalue weighted by molar-refractivity contribution is -0.191. The van der Waals surface area contributed by atoms with Gasteiger partial charge in [0.25, 0.3) is 5.91 Å². The minimum absolute atomic E-state index is 0.183. The number of nitrogens with one attached hydrogen (secondary N) is 1. The summed E-state index contributed by atoms with van der Waals surface area (Å²) in [6.07, 6.45) is -5.92. The quantitative estimate of drug-likeness (QED) is 0.910. The second kappa shape index (κ2) is 6.78. The zero-order valence-corrected chi connectivity index (χ0v) is 11.6. The van der Waals surface area contributed by atoms with E-state index in [1.807, 2.05) is 0 Å². The van der Waals surface area contributed by atoms with Gasteiger partial charge < -0.3 is 15.0 Å².